The molecular formula is C16H38N2O3Si. The molecule has 0 aromatic heterocycles. The summed E-state index contributed by atoms with van der Waals surface area (Å²) < 4.78 is 16.3. The van der Waals surface area contributed by atoms with Gasteiger partial charge in [-0.15, -0.1) is 0 Å². The maximum Gasteiger partial charge on any atom is 0.500 e. The molecule has 6 heteroatoms. The average molecular weight is 335 g/mol. The SMILES string of the molecule is CO[Si](CCCCCCCCCCCNCCN)(OC)OC. The van der Waals surface area contributed by atoms with Gasteiger partial charge in [0.05, 0.1) is 0 Å². The van der Waals surface area contributed by atoms with Crippen molar-refractivity contribution in [1.29, 1.82) is 0 Å². The zero-order valence-electron chi connectivity index (χ0n) is 15.0. The molecule has 0 aromatic rings. The van der Waals surface area contributed by atoms with Crippen LogP contribution in [0.15, 0.2) is 0 Å². The molecule has 0 rings (SSSR count). The summed E-state index contributed by atoms with van der Waals surface area (Å²) in [4.78, 5) is 0. The Balaban J connectivity index is 3.27. The van der Waals surface area contributed by atoms with Crippen molar-refractivity contribution in [2.75, 3.05) is 41.0 Å². The molecule has 0 spiro atoms. The summed E-state index contributed by atoms with van der Waals surface area (Å²) in [6.07, 6.45) is 11.7. The van der Waals surface area contributed by atoms with Crippen LogP contribution in [0.5, 0.6) is 0 Å². The van der Waals surface area contributed by atoms with Crippen LogP contribution in [0.1, 0.15) is 57.8 Å². The highest BCUT2D eigenvalue weighted by atomic mass is 28.4. The summed E-state index contributed by atoms with van der Waals surface area (Å²) in [5.41, 5.74) is 5.43. The fourth-order valence-electron chi connectivity index (χ4n) is 2.61. The Labute approximate surface area is 138 Å². The molecule has 0 aromatic carbocycles. The molecule has 0 saturated heterocycles. The molecule has 22 heavy (non-hydrogen) atoms. The molecule has 0 radical (unpaired) electrons. The number of rotatable bonds is 17. The molecule has 0 heterocycles. The summed E-state index contributed by atoms with van der Waals surface area (Å²) in [7, 11) is 2.72. The standard InChI is InChI=1S/C16H38N2O3Si/c1-19-22(20-2,21-3)16-12-10-8-6-4-5-7-9-11-14-18-15-13-17/h18H,4-17H2,1-3H3. The van der Waals surface area contributed by atoms with E-state index in [1.165, 1.54) is 51.4 Å². The van der Waals surface area contributed by atoms with Gasteiger partial charge in [-0.05, 0) is 19.4 Å². The normalized spacial score (nSPS) is 12.0. The molecule has 0 fully saturated rings. The van der Waals surface area contributed by atoms with Gasteiger partial charge < -0.3 is 24.3 Å². The molecule has 0 bridgehead atoms. The van der Waals surface area contributed by atoms with E-state index in [0.29, 0.717) is 0 Å². The average Bonchev–Trinajstić information content (AvgIpc) is 2.56. The lowest BCUT2D eigenvalue weighted by Gasteiger charge is -2.24. The van der Waals surface area contributed by atoms with Gasteiger partial charge in [-0.2, -0.15) is 0 Å². The minimum Gasteiger partial charge on any atom is -0.377 e. The topological polar surface area (TPSA) is 65.7 Å². The Bertz CT molecular complexity index is 221. The van der Waals surface area contributed by atoms with Crippen LogP contribution < -0.4 is 11.1 Å². The van der Waals surface area contributed by atoms with Gasteiger partial charge >= 0.3 is 8.80 Å². The van der Waals surface area contributed by atoms with Crippen molar-refractivity contribution in [3.05, 3.63) is 0 Å². The highest BCUT2D eigenvalue weighted by Crippen LogP contribution is 2.18. The van der Waals surface area contributed by atoms with Crippen molar-refractivity contribution in [1.82, 2.24) is 5.32 Å². The molecule has 134 valence electrons. The first kappa shape index (κ1) is 22.0. The number of hydrogen-bond acceptors (Lipinski definition) is 5. The van der Waals surface area contributed by atoms with Crippen LogP contribution in [-0.4, -0.2) is 49.8 Å². The van der Waals surface area contributed by atoms with E-state index >= 15 is 0 Å². The van der Waals surface area contributed by atoms with Crippen LogP contribution in [-0.2, 0) is 13.3 Å². The first-order chi connectivity index (χ1) is 10.7. The summed E-state index contributed by atoms with van der Waals surface area (Å²) in [6.45, 7) is 2.80. The van der Waals surface area contributed by atoms with E-state index in [1.54, 1.807) is 21.3 Å². The minimum atomic E-state index is -2.33. The van der Waals surface area contributed by atoms with Gasteiger partial charge in [0, 0.05) is 40.5 Å². The lowest BCUT2D eigenvalue weighted by Crippen LogP contribution is -2.42. The predicted molar refractivity (Wildman–Crippen MR) is 95.1 cm³/mol. The lowest BCUT2D eigenvalue weighted by molar-refractivity contribution is 0.122. The molecular weight excluding hydrogens is 296 g/mol. The van der Waals surface area contributed by atoms with Gasteiger partial charge in [-0.1, -0.05) is 44.9 Å². The predicted octanol–water partition coefficient (Wildman–Crippen LogP) is 2.92. The molecule has 0 aliphatic heterocycles. The number of nitrogens with two attached hydrogens (primary N) is 1. The van der Waals surface area contributed by atoms with Crippen LogP contribution in [0, 0.1) is 0 Å². The zero-order valence-corrected chi connectivity index (χ0v) is 16.0. The van der Waals surface area contributed by atoms with E-state index in [-0.39, 0.29) is 0 Å². The van der Waals surface area contributed by atoms with Crippen LogP contribution in [0.25, 0.3) is 0 Å². The largest absolute Gasteiger partial charge is 0.500 e. The molecule has 3 N–H and O–H groups in total. The number of unbranched alkanes of at least 4 members (excludes halogenated alkanes) is 8. The van der Waals surface area contributed by atoms with E-state index < -0.39 is 8.80 Å². The first-order valence-corrected chi connectivity index (χ1v) is 10.7. The molecule has 0 saturated carbocycles. The second-order valence-electron chi connectivity index (χ2n) is 5.77. The van der Waals surface area contributed by atoms with Gasteiger partial charge in [0.25, 0.3) is 0 Å². The molecule has 0 aliphatic rings. The third-order valence-electron chi connectivity index (χ3n) is 4.09. The molecule has 0 unspecified atom stereocenters. The van der Waals surface area contributed by atoms with Crippen LogP contribution in [0.3, 0.4) is 0 Å². The van der Waals surface area contributed by atoms with Crippen molar-refractivity contribution in [2.24, 2.45) is 5.73 Å². The van der Waals surface area contributed by atoms with E-state index in [1.807, 2.05) is 0 Å². The Kier molecular flexibility index (Phi) is 15.9. The highest BCUT2D eigenvalue weighted by Gasteiger charge is 2.36. The van der Waals surface area contributed by atoms with Gasteiger partial charge in [-0.3, -0.25) is 0 Å². The Morgan fingerprint density at radius 3 is 1.59 bits per heavy atom. The van der Waals surface area contributed by atoms with Crippen LogP contribution in [0.2, 0.25) is 6.04 Å². The second kappa shape index (κ2) is 15.9. The minimum absolute atomic E-state index is 0.739. The first-order valence-electron chi connectivity index (χ1n) is 8.81. The smallest absolute Gasteiger partial charge is 0.377 e. The lowest BCUT2D eigenvalue weighted by atomic mass is 10.1. The maximum absolute atomic E-state index is 5.43. The fourth-order valence-corrected chi connectivity index (χ4v) is 4.41. The third-order valence-corrected chi connectivity index (χ3v) is 6.92. The van der Waals surface area contributed by atoms with E-state index in [0.717, 1.165) is 32.1 Å². The van der Waals surface area contributed by atoms with Gasteiger partial charge in [-0.25, -0.2) is 0 Å². The van der Waals surface area contributed by atoms with Crippen molar-refractivity contribution in [3.8, 4) is 0 Å². The summed E-state index contributed by atoms with van der Waals surface area (Å²) in [5, 5.41) is 3.33. The quantitative estimate of drug-likeness (QED) is 0.316. The van der Waals surface area contributed by atoms with Crippen molar-refractivity contribution in [2.45, 2.75) is 63.8 Å². The van der Waals surface area contributed by atoms with E-state index in [9.17, 15) is 0 Å². The van der Waals surface area contributed by atoms with Crippen molar-refractivity contribution >= 4 is 8.80 Å². The fraction of sp³-hybridized carbons (Fsp3) is 1.00. The van der Waals surface area contributed by atoms with Crippen LogP contribution >= 0.6 is 0 Å². The Morgan fingerprint density at radius 2 is 1.14 bits per heavy atom. The summed E-state index contributed by atoms with van der Waals surface area (Å²) in [5.74, 6) is 0. The molecule has 0 atom stereocenters. The van der Waals surface area contributed by atoms with Crippen molar-refractivity contribution < 1.29 is 13.3 Å². The molecule has 5 nitrogen and oxygen atoms in total. The van der Waals surface area contributed by atoms with Gasteiger partial charge in [0.1, 0.15) is 0 Å². The third kappa shape index (κ3) is 11.6. The Morgan fingerprint density at radius 1 is 0.682 bits per heavy atom. The monoisotopic (exact) mass is 334 g/mol. The van der Waals surface area contributed by atoms with E-state index in [2.05, 4.69) is 5.32 Å². The summed E-state index contributed by atoms with van der Waals surface area (Å²) >= 11 is 0. The second-order valence-corrected chi connectivity index (χ2v) is 8.86. The summed E-state index contributed by atoms with van der Waals surface area (Å²) in [6, 6.07) is 0.923. The van der Waals surface area contributed by atoms with Gasteiger partial charge in [0.15, 0.2) is 0 Å². The zero-order chi connectivity index (χ0) is 16.5. The molecule has 0 amide bonds. The van der Waals surface area contributed by atoms with E-state index in [4.69, 9.17) is 19.0 Å². The number of hydrogen-bond donors (Lipinski definition) is 2. The van der Waals surface area contributed by atoms with Crippen LogP contribution in [0.4, 0.5) is 0 Å². The maximum atomic E-state index is 5.43. The van der Waals surface area contributed by atoms with Crippen molar-refractivity contribution in [3.63, 3.8) is 0 Å². The van der Waals surface area contributed by atoms with Gasteiger partial charge in [0.2, 0.25) is 0 Å². The molecule has 0 aliphatic carbocycles. The highest BCUT2D eigenvalue weighted by molar-refractivity contribution is 6.60. The Hall–Kier alpha value is 0.0169. The number of nitrogens with one attached hydrogen (secondary N) is 1.